The molecule has 0 unspecified atom stereocenters. The molecule has 2 N–H and O–H groups in total. The maximum Gasteiger partial charge on any atom is 0.410 e. The lowest BCUT2D eigenvalue weighted by atomic mass is 10.1. The SMILES string of the molecule is CC(C)(C)OC(=O)N1CC(Nc2ccncc2NCc2ccc3nccnc3c2)C1. The average Bonchev–Trinajstić information content (AvgIpc) is 2.68. The fourth-order valence-corrected chi connectivity index (χ4v) is 3.24. The van der Waals surface area contributed by atoms with Gasteiger partial charge in [0.05, 0.1) is 34.6 Å². The summed E-state index contributed by atoms with van der Waals surface area (Å²) in [6.45, 7) is 7.48. The van der Waals surface area contributed by atoms with E-state index in [1.54, 1.807) is 29.7 Å². The van der Waals surface area contributed by atoms with Gasteiger partial charge in [-0.05, 0) is 44.5 Å². The molecular weight excluding hydrogens is 380 g/mol. The average molecular weight is 406 g/mol. The summed E-state index contributed by atoms with van der Waals surface area (Å²) < 4.78 is 5.41. The van der Waals surface area contributed by atoms with Crippen molar-refractivity contribution < 1.29 is 9.53 Å². The Morgan fingerprint density at radius 1 is 1.10 bits per heavy atom. The van der Waals surface area contributed by atoms with Crippen molar-refractivity contribution in [2.24, 2.45) is 0 Å². The zero-order chi connectivity index (χ0) is 21.1. The molecule has 156 valence electrons. The van der Waals surface area contributed by atoms with Gasteiger partial charge in [0.15, 0.2) is 0 Å². The summed E-state index contributed by atoms with van der Waals surface area (Å²) >= 11 is 0. The highest BCUT2D eigenvalue weighted by Crippen LogP contribution is 2.25. The quantitative estimate of drug-likeness (QED) is 0.668. The van der Waals surface area contributed by atoms with Gasteiger partial charge in [-0.15, -0.1) is 0 Å². The standard InChI is InChI=1S/C22H26N6O2/c1-22(2,3)30-21(29)28-13-16(14-28)27-18-6-7-23-12-20(18)26-11-15-4-5-17-19(10-15)25-9-8-24-17/h4-10,12,16,26H,11,13-14H2,1-3H3,(H,23,27). The minimum Gasteiger partial charge on any atom is -0.444 e. The van der Waals surface area contributed by atoms with Crippen molar-refractivity contribution >= 4 is 28.5 Å². The van der Waals surface area contributed by atoms with Gasteiger partial charge in [0.1, 0.15) is 5.60 Å². The Kier molecular flexibility index (Phi) is 5.39. The summed E-state index contributed by atoms with van der Waals surface area (Å²) in [4.78, 5) is 26.7. The maximum absolute atomic E-state index is 12.1. The number of fused-ring (bicyclic) bond motifs is 1. The third-order valence-electron chi connectivity index (χ3n) is 4.73. The molecule has 1 aromatic carbocycles. The monoisotopic (exact) mass is 406 g/mol. The molecule has 0 atom stereocenters. The molecule has 1 amide bonds. The summed E-state index contributed by atoms with van der Waals surface area (Å²) in [5, 5.41) is 6.92. The normalized spacial score (nSPS) is 14.3. The van der Waals surface area contributed by atoms with Crippen LogP contribution in [0.25, 0.3) is 11.0 Å². The lowest BCUT2D eigenvalue weighted by molar-refractivity contribution is 0.0105. The second-order valence-electron chi connectivity index (χ2n) is 8.38. The third-order valence-corrected chi connectivity index (χ3v) is 4.73. The zero-order valence-electron chi connectivity index (χ0n) is 17.4. The Hall–Kier alpha value is -3.42. The summed E-state index contributed by atoms with van der Waals surface area (Å²) in [5.41, 5.74) is 4.25. The van der Waals surface area contributed by atoms with Crippen molar-refractivity contribution in [1.29, 1.82) is 0 Å². The minimum absolute atomic E-state index is 0.177. The molecule has 1 saturated heterocycles. The molecular formula is C22H26N6O2. The molecule has 4 rings (SSSR count). The summed E-state index contributed by atoms with van der Waals surface area (Å²) in [6.07, 6.45) is 6.67. The smallest absolute Gasteiger partial charge is 0.410 e. The summed E-state index contributed by atoms with van der Waals surface area (Å²) in [5.74, 6) is 0. The highest BCUT2D eigenvalue weighted by atomic mass is 16.6. The van der Waals surface area contributed by atoms with Crippen LogP contribution in [0.5, 0.6) is 0 Å². The number of hydrogen-bond acceptors (Lipinski definition) is 7. The molecule has 8 heteroatoms. The van der Waals surface area contributed by atoms with Crippen LogP contribution in [-0.4, -0.2) is 50.7 Å². The number of likely N-dealkylation sites (tertiary alicyclic amines) is 1. The van der Waals surface area contributed by atoms with Crippen molar-refractivity contribution in [3.63, 3.8) is 0 Å². The van der Waals surface area contributed by atoms with Crippen molar-refractivity contribution in [3.8, 4) is 0 Å². The highest BCUT2D eigenvalue weighted by Gasteiger charge is 2.33. The second kappa shape index (κ2) is 8.14. The van der Waals surface area contributed by atoms with E-state index in [0.29, 0.717) is 19.6 Å². The minimum atomic E-state index is -0.480. The molecule has 0 spiro atoms. The summed E-state index contributed by atoms with van der Waals surface area (Å²) in [7, 11) is 0. The molecule has 3 aromatic rings. The number of aromatic nitrogens is 3. The van der Waals surface area contributed by atoms with Gasteiger partial charge in [-0.2, -0.15) is 0 Å². The molecule has 0 aliphatic carbocycles. The molecule has 0 radical (unpaired) electrons. The van der Waals surface area contributed by atoms with Crippen molar-refractivity contribution in [3.05, 3.63) is 54.6 Å². The first kappa shape index (κ1) is 19.9. The van der Waals surface area contributed by atoms with Crippen LogP contribution in [0.1, 0.15) is 26.3 Å². The van der Waals surface area contributed by atoms with Crippen LogP contribution >= 0.6 is 0 Å². The molecule has 2 aromatic heterocycles. The number of pyridine rings is 1. The second-order valence-corrected chi connectivity index (χ2v) is 8.38. The van der Waals surface area contributed by atoms with E-state index in [4.69, 9.17) is 4.74 Å². The topological polar surface area (TPSA) is 92.3 Å². The van der Waals surface area contributed by atoms with E-state index in [-0.39, 0.29) is 12.1 Å². The molecule has 0 saturated carbocycles. The number of nitrogens with one attached hydrogen (secondary N) is 2. The first-order valence-electron chi connectivity index (χ1n) is 9.99. The first-order valence-corrected chi connectivity index (χ1v) is 9.99. The Bertz CT molecular complexity index is 1040. The largest absolute Gasteiger partial charge is 0.444 e. The molecule has 3 heterocycles. The van der Waals surface area contributed by atoms with Crippen LogP contribution in [0.4, 0.5) is 16.2 Å². The van der Waals surface area contributed by atoms with Crippen LogP contribution in [0.3, 0.4) is 0 Å². The lowest BCUT2D eigenvalue weighted by Crippen LogP contribution is -2.57. The molecule has 8 nitrogen and oxygen atoms in total. The number of anilines is 2. The van der Waals surface area contributed by atoms with Gasteiger partial charge in [-0.3, -0.25) is 15.0 Å². The number of ether oxygens (including phenoxy) is 1. The molecule has 0 bridgehead atoms. The van der Waals surface area contributed by atoms with Gasteiger partial charge in [0.25, 0.3) is 0 Å². The Morgan fingerprint density at radius 2 is 1.87 bits per heavy atom. The molecule has 1 aliphatic rings. The summed E-state index contributed by atoms with van der Waals surface area (Å²) in [6, 6.07) is 8.16. The number of benzene rings is 1. The van der Waals surface area contributed by atoms with Gasteiger partial charge in [-0.25, -0.2) is 4.79 Å². The van der Waals surface area contributed by atoms with E-state index < -0.39 is 5.60 Å². The van der Waals surface area contributed by atoms with E-state index in [9.17, 15) is 4.79 Å². The van der Waals surface area contributed by atoms with Crippen LogP contribution in [0, 0.1) is 0 Å². The van der Waals surface area contributed by atoms with E-state index in [2.05, 4.69) is 25.6 Å². The predicted molar refractivity (Wildman–Crippen MR) is 116 cm³/mol. The van der Waals surface area contributed by atoms with Crippen LogP contribution in [-0.2, 0) is 11.3 Å². The van der Waals surface area contributed by atoms with E-state index in [1.165, 1.54) is 0 Å². The number of nitrogens with zero attached hydrogens (tertiary/aromatic N) is 4. The first-order chi connectivity index (χ1) is 14.4. The van der Waals surface area contributed by atoms with Gasteiger partial charge >= 0.3 is 6.09 Å². The number of carbonyl (C=O) groups excluding carboxylic acids is 1. The van der Waals surface area contributed by atoms with E-state index >= 15 is 0 Å². The van der Waals surface area contributed by atoms with E-state index in [0.717, 1.165) is 28.0 Å². The van der Waals surface area contributed by atoms with Gasteiger partial charge < -0.3 is 20.3 Å². The van der Waals surface area contributed by atoms with Crippen molar-refractivity contribution in [2.45, 2.75) is 39.0 Å². The number of rotatable bonds is 5. The van der Waals surface area contributed by atoms with Crippen molar-refractivity contribution in [2.75, 3.05) is 23.7 Å². The fraction of sp³-hybridized carbons (Fsp3) is 0.364. The lowest BCUT2D eigenvalue weighted by Gasteiger charge is -2.40. The van der Waals surface area contributed by atoms with Gasteiger partial charge in [0, 0.05) is 38.2 Å². The van der Waals surface area contributed by atoms with Gasteiger partial charge in [-0.1, -0.05) is 6.07 Å². The molecule has 1 fully saturated rings. The van der Waals surface area contributed by atoms with Crippen LogP contribution in [0.2, 0.25) is 0 Å². The highest BCUT2D eigenvalue weighted by molar-refractivity contribution is 5.75. The Morgan fingerprint density at radius 3 is 2.63 bits per heavy atom. The van der Waals surface area contributed by atoms with Gasteiger partial charge in [0.2, 0.25) is 0 Å². The van der Waals surface area contributed by atoms with Crippen LogP contribution < -0.4 is 10.6 Å². The fourth-order valence-electron chi connectivity index (χ4n) is 3.24. The Balaban J connectivity index is 1.35. The third kappa shape index (κ3) is 4.76. The van der Waals surface area contributed by atoms with E-state index in [1.807, 2.05) is 45.0 Å². The number of carbonyl (C=O) groups is 1. The molecule has 1 aliphatic heterocycles. The predicted octanol–water partition coefficient (Wildman–Crippen LogP) is 3.67. The zero-order valence-corrected chi connectivity index (χ0v) is 17.4. The Labute approximate surface area is 175 Å². The number of hydrogen-bond donors (Lipinski definition) is 2. The number of amides is 1. The molecule has 30 heavy (non-hydrogen) atoms. The van der Waals surface area contributed by atoms with Crippen LogP contribution in [0.15, 0.2) is 49.1 Å². The maximum atomic E-state index is 12.1. The van der Waals surface area contributed by atoms with Crippen molar-refractivity contribution in [1.82, 2.24) is 19.9 Å².